The molecule has 0 radical (unpaired) electrons. The summed E-state index contributed by atoms with van der Waals surface area (Å²) in [5.41, 5.74) is 4.90. The first-order valence-electron chi connectivity index (χ1n) is 10.3. The fourth-order valence-electron chi connectivity index (χ4n) is 3.44. The van der Waals surface area contributed by atoms with Crippen molar-refractivity contribution in [2.45, 2.75) is 33.1 Å². The molecule has 6 nitrogen and oxygen atoms in total. The van der Waals surface area contributed by atoms with Crippen molar-refractivity contribution in [1.82, 2.24) is 20.1 Å². The van der Waals surface area contributed by atoms with Crippen molar-refractivity contribution in [2.75, 3.05) is 6.54 Å². The number of hydrogen-bond acceptors (Lipinski definition) is 4. The van der Waals surface area contributed by atoms with E-state index in [2.05, 4.69) is 15.4 Å². The van der Waals surface area contributed by atoms with Gasteiger partial charge in [-0.2, -0.15) is 5.10 Å². The topological polar surface area (TPSA) is 73.0 Å². The van der Waals surface area contributed by atoms with Crippen LogP contribution in [0.3, 0.4) is 0 Å². The van der Waals surface area contributed by atoms with Crippen molar-refractivity contribution in [3.8, 4) is 17.1 Å². The maximum absolute atomic E-state index is 12.7. The highest BCUT2D eigenvalue weighted by Gasteiger charge is 2.26. The number of aromatic nitrogens is 3. The van der Waals surface area contributed by atoms with Gasteiger partial charge < -0.3 is 9.73 Å². The summed E-state index contributed by atoms with van der Waals surface area (Å²) in [6.07, 6.45) is 1.66. The van der Waals surface area contributed by atoms with Gasteiger partial charge in [-0.15, -0.1) is 0 Å². The van der Waals surface area contributed by atoms with E-state index in [1.807, 2.05) is 93.0 Å². The van der Waals surface area contributed by atoms with E-state index in [-0.39, 0.29) is 11.3 Å². The lowest BCUT2D eigenvalue weighted by molar-refractivity contribution is 0.0945. The van der Waals surface area contributed by atoms with Crippen molar-refractivity contribution < 1.29 is 9.21 Å². The normalized spacial score (nSPS) is 11.5. The van der Waals surface area contributed by atoms with Crippen molar-refractivity contribution in [2.24, 2.45) is 0 Å². The lowest BCUT2D eigenvalue weighted by Crippen LogP contribution is -2.36. The molecule has 0 aliphatic rings. The molecule has 2 aromatic heterocycles. The number of oxazole rings is 1. The maximum atomic E-state index is 12.7. The average Bonchev–Trinajstić information content (AvgIpc) is 3.40. The van der Waals surface area contributed by atoms with Gasteiger partial charge in [0.05, 0.1) is 17.1 Å². The van der Waals surface area contributed by atoms with Crippen molar-refractivity contribution in [3.63, 3.8) is 0 Å². The highest BCUT2D eigenvalue weighted by molar-refractivity contribution is 5.94. The van der Waals surface area contributed by atoms with Gasteiger partial charge in [-0.05, 0) is 56.3 Å². The van der Waals surface area contributed by atoms with Crippen LogP contribution in [-0.4, -0.2) is 27.2 Å². The molecule has 158 valence electrons. The molecular weight excluding hydrogens is 388 g/mol. The first kappa shape index (κ1) is 20.6. The van der Waals surface area contributed by atoms with Crippen molar-refractivity contribution >= 4 is 5.91 Å². The number of benzene rings is 2. The Morgan fingerprint density at radius 2 is 1.77 bits per heavy atom. The van der Waals surface area contributed by atoms with Crippen LogP contribution in [-0.2, 0) is 5.41 Å². The molecule has 2 heterocycles. The van der Waals surface area contributed by atoms with Gasteiger partial charge in [0.25, 0.3) is 5.91 Å². The highest BCUT2D eigenvalue weighted by atomic mass is 16.3. The number of hydrogen-bond donors (Lipinski definition) is 1. The monoisotopic (exact) mass is 414 g/mol. The molecule has 0 fully saturated rings. The Bertz CT molecular complexity index is 1190. The zero-order chi connectivity index (χ0) is 22.0. The molecule has 2 aromatic carbocycles. The van der Waals surface area contributed by atoms with Gasteiger partial charge >= 0.3 is 0 Å². The fourth-order valence-corrected chi connectivity index (χ4v) is 3.44. The summed E-state index contributed by atoms with van der Waals surface area (Å²) in [5.74, 6) is 0.453. The summed E-state index contributed by atoms with van der Waals surface area (Å²) in [5, 5.41) is 7.50. The van der Waals surface area contributed by atoms with E-state index in [1.54, 1.807) is 6.26 Å². The summed E-state index contributed by atoms with van der Waals surface area (Å²) in [6, 6.07) is 19.2. The van der Waals surface area contributed by atoms with Gasteiger partial charge in [0.1, 0.15) is 6.26 Å². The van der Waals surface area contributed by atoms with Crippen molar-refractivity contribution in [3.05, 3.63) is 89.6 Å². The molecule has 31 heavy (non-hydrogen) atoms. The fraction of sp³-hybridized carbons (Fsp3) is 0.240. The molecule has 0 unspecified atom stereocenters. The van der Waals surface area contributed by atoms with Gasteiger partial charge in [0, 0.05) is 28.8 Å². The molecule has 1 amide bonds. The Morgan fingerprint density at radius 3 is 2.42 bits per heavy atom. The van der Waals surface area contributed by atoms with Gasteiger partial charge in [-0.3, -0.25) is 4.79 Å². The molecule has 0 bridgehead atoms. The minimum atomic E-state index is -0.379. The van der Waals surface area contributed by atoms with Crippen LogP contribution in [0.15, 0.2) is 71.3 Å². The summed E-state index contributed by atoms with van der Waals surface area (Å²) in [7, 11) is 0. The van der Waals surface area contributed by atoms with E-state index in [0.717, 1.165) is 28.3 Å². The summed E-state index contributed by atoms with van der Waals surface area (Å²) >= 11 is 0. The van der Waals surface area contributed by atoms with Crippen LogP contribution >= 0.6 is 0 Å². The Morgan fingerprint density at radius 1 is 1.06 bits per heavy atom. The number of nitrogens with one attached hydrogen (secondary N) is 1. The summed E-state index contributed by atoms with van der Waals surface area (Å²) in [6.45, 7) is 8.48. The lowest BCUT2D eigenvalue weighted by atomic mass is 9.90. The number of aryl methyl sites for hydroxylation is 2. The van der Waals surface area contributed by atoms with E-state index < -0.39 is 0 Å². The Kier molecular flexibility index (Phi) is 5.46. The van der Waals surface area contributed by atoms with E-state index >= 15 is 0 Å². The molecular formula is C25H26N4O2. The minimum absolute atomic E-state index is 0.125. The highest BCUT2D eigenvalue weighted by Crippen LogP contribution is 2.26. The van der Waals surface area contributed by atoms with Gasteiger partial charge in [-0.25, -0.2) is 9.67 Å². The molecule has 1 N–H and O–H groups in total. The van der Waals surface area contributed by atoms with Crippen LogP contribution in [0.25, 0.3) is 17.1 Å². The second-order valence-electron chi connectivity index (χ2n) is 8.36. The molecule has 0 aliphatic carbocycles. The SMILES string of the molecule is Cc1cc(C)n(-c2ccc(C(=O)NCC(C)(C)c3coc(-c4ccccc4)n3)cc2)n1. The van der Waals surface area contributed by atoms with E-state index in [0.29, 0.717) is 18.0 Å². The number of carbonyl (C=O) groups is 1. The second kappa shape index (κ2) is 8.22. The molecule has 0 atom stereocenters. The second-order valence-corrected chi connectivity index (χ2v) is 8.36. The first-order chi connectivity index (χ1) is 14.8. The molecule has 4 aromatic rings. The summed E-state index contributed by atoms with van der Waals surface area (Å²) < 4.78 is 7.53. The van der Waals surface area contributed by atoms with E-state index in [4.69, 9.17) is 4.42 Å². The molecule has 0 saturated carbocycles. The van der Waals surface area contributed by atoms with Crippen LogP contribution in [0.5, 0.6) is 0 Å². The number of carbonyl (C=O) groups excluding carboxylic acids is 1. The molecule has 4 rings (SSSR count). The molecule has 0 aliphatic heterocycles. The van der Waals surface area contributed by atoms with Gasteiger partial charge in [0.2, 0.25) is 5.89 Å². The maximum Gasteiger partial charge on any atom is 0.251 e. The quantitative estimate of drug-likeness (QED) is 0.489. The standard InChI is InChI=1S/C25H26N4O2/c1-17-14-18(2)29(28-17)21-12-10-19(11-13-21)23(30)26-16-25(3,4)22-15-31-24(27-22)20-8-6-5-7-9-20/h5-15H,16H2,1-4H3,(H,26,30). The smallest absolute Gasteiger partial charge is 0.251 e. The predicted octanol–water partition coefficient (Wildman–Crippen LogP) is 4.85. The third-order valence-electron chi connectivity index (χ3n) is 5.29. The summed E-state index contributed by atoms with van der Waals surface area (Å²) in [4.78, 5) is 17.3. The molecule has 0 saturated heterocycles. The molecule has 0 spiro atoms. The largest absolute Gasteiger partial charge is 0.444 e. The van der Waals surface area contributed by atoms with Crippen LogP contribution in [0.4, 0.5) is 0 Å². The van der Waals surface area contributed by atoms with Crippen LogP contribution in [0.1, 0.15) is 41.3 Å². The lowest BCUT2D eigenvalue weighted by Gasteiger charge is -2.22. The zero-order valence-electron chi connectivity index (χ0n) is 18.2. The zero-order valence-corrected chi connectivity index (χ0v) is 18.2. The van der Waals surface area contributed by atoms with Crippen LogP contribution in [0.2, 0.25) is 0 Å². The number of amides is 1. The Balaban J connectivity index is 1.42. The van der Waals surface area contributed by atoms with Crippen LogP contribution in [0, 0.1) is 13.8 Å². The number of nitrogens with zero attached hydrogens (tertiary/aromatic N) is 3. The third-order valence-corrected chi connectivity index (χ3v) is 5.29. The number of rotatable bonds is 6. The van der Waals surface area contributed by atoms with Crippen LogP contribution < -0.4 is 5.32 Å². The van der Waals surface area contributed by atoms with Gasteiger partial charge in [0.15, 0.2) is 0 Å². The Hall–Kier alpha value is -3.67. The van der Waals surface area contributed by atoms with E-state index in [9.17, 15) is 4.79 Å². The van der Waals surface area contributed by atoms with Crippen molar-refractivity contribution in [1.29, 1.82) is 0 Å². The third kappa shape index (κ3) is 4.43. The van der Waals surface area contributed by atoms with E-state index in [1.165, 1.54) is 0 Å². The van der Waals surface area contributed by atoms with Gasteiger partial charge in [-0.1, -0.05) is 32.0 Å². The molecule has 6 heteroatoms. The average molecular weight is 415 g/mol. The predicted molar refractivity (Wildman–Crippen MR) is 120 cm³/mol. The first-order valence-corrected chi connectivity index (χ1v) is 10.3. The minimum Gasteiger partial charge on any atom is -0.444 e. The Labute approximate surface area is 181 Å².